The van der Waals surface area contributed by atoms with Crippen LogP contribution in [0.25, 0.3) is 16.8 Å². The Labute approximate surface area is 120 Å². The highest BCUT2D eigenvalue weighted by Gasteiger charge is 2.15. The first-order chi connectivity index (χ1) is 10.0. The van der Waals surface area contributed by atoms with E-state index in [1.54, 1.807) is 12.1 Å². The highest BCUT2D eigenvalue weighted by Crippen LogP contribution is 2.30. The predicted molar refractivity (Wildman–Crippen MR) is 80.9 cm³/mol. The van der Waals surface area contributed by atoms with Crippen molar-refractivity contribution in [1.29, 1.82) is 0 Å². The molecule has 0 atom stereocenters. The number of aromatic nitrogens is 3. The molecular weight excluding hydrogens is 268 g/mol. The number of aromatic amines is 1. The smallest absolute Gasteiger partial charge is 0.269 e. The molecule has 0 aliphatic carbocycles. The summed E-state index contributed by atoms with van der Waals surface area (Å²) in [6.07, 6.45) is 1.44. The normalized spacial score (nSPS) is 11.0. The molecule has 0 aliphatic rings. The predicted octanol–water partition coefficient (Wildman–Crippen LogP) is 3.01. The number of hydrogen-bond acceptors (Lipinski definition) is 4. The van der Waals surface area contributed by atoms with Crippen LogP contribution in [-0.2, 0) is 0 Å². The van der Waals surface area contributed by atoms with Crippen molar-refractivity contribution < 1.29 is 0 Å². The standard InChI is InChI=1S/C15H14N4O2/c1-8-4-12-14(10(3)17-19(12)13(20)5-8)15-9(2)6-11(18-21)7-16-15/h4-7,17H,1-3H3. The lowest BCUT2D eigenvalue weighted by Gasteiger charge is -2.05. The summed E-state index contributed by atoms with van der Waals surface area (Å²) < 4.78 is 1.50. The molecule has 0 bridgehead atoms. The van der Waals surface area contributed by atoms with E-state index in [1.165, 1.54) is 10.7 Å². The van der Waals surface area contributed by atoms with Crippen LogP contribution in [0, 0.1) is 25.7 Å². The van der Waals surface area contributed by atoms with Crippen LogP contribution < -0.4 is 5.56 Å². The van der Waals surface area contributed by atoms with E-state index in [0.717, 1.165) is 33.6 Å². The monoisotopic (exact) mass is 282 g/mol. The van der Waals surface area contributed by atoms with Crippen molar-refractivity contribution in [1.82, 2.24) is 14.6 Å². The molecule has 0 spiro atoms. The lowest BCUT2D eigenvalue weighted by molar-refractivity contribution is 0.895. The van der Waals surface area contributed by atoms with Gasteiger partial charge in [0.1, 0.15) is 5.69 Å². The fourth-order valence-corrected chi connectivity index (χ4v) is 2.59. The molecule has 21 heavy (non-hydrogen) atoms. The van der Waals surface area contributed by atoms with Crippen LogP contribution in [0.3, 0.4) is 0 Å². The number of nitroso groups, excluding NO2 is 1. The maximum atomic E-state index is 12.0. The zero-order valence-corrected chi connectivity index (χ0v) is 12.0. The van der Waals surface area contributed by atoms with Crippen LogP contribution in [0.5, 0.6) is 0 Å². The molecule has 0 saturated carbocycles. The van der Waals surface area contributed by atoms with Gasteiger partial charge in [0.25, 0.3) is 5.56 Å². The van der Waals surface area contributed by atoms with Gasteiger partial charge in [-0.1, -0.05) is 0 Å². The second-order valence-electron chi connectivity index (χ2n) is 5.15. The second kappa shape index (κ2) is 4.66. The van der Waals surface area contributed by atoms with E-state index in [-0.39, 0.29) is 5.56 Å². The molecule has 0 aliphatic heterocycles. The first-order valence-electron chi connectivity index (χ1n) is 6.53. The van der Waals surface area contributed by atoms with Gasteiger partial charge in [0.05, 0.1) is 17.4 Å². The van der Waals surface area contributed by atoms with Crippen molar-refractivity contribution in [2.24, 2.45) is 5.18 Å². The lowest BCUT2D eigenvalue weighted by atomic mass is 10.0. The molecule has 6 nitrogen and oxygen atoms in total. The van der Waals surface area contributed by atoms with Crippen LogP contribution in [-0.4, -0.2) is 14.6 Å². The third-order valence-electron chi connectivity index (χ3n) is 3.49. The van der Waals surface area contributed by atoms with E-state index in [2.05, 4.69) is 15.3 Å². The van der Waals surface area contributed by atoms with Crippen molar-refractivity contribution in [3.63, 3.8) is 0 Å². The van der Waals surface area contributed by atoms with E-state index in [0.29, 0.717) is 5.69 Å². The average molecular weight is 282 g/mol. The molecule has 1 N–H and O–H groups in total. The summed E-state index contributed by atoms with van der Waals surface area (Å²) >= 11 is 0. The Morgan fingerprint density at radius 3 is 2.62 bits per heavy atom. The van der Waals surface area contributed by atoms with Gasteiger partial charge in [0.15, 0.2) is 0 Å². The molecule has 3 aromatic rings. The van der Waals surface area contributed by atoms with Crippen molar-refractivity contribution in [3.05, 3.63) is 56.5 Å². The summed E-state index contributed by atoms with van der Waals surface area (Å²) in [6.45, 7) is 5.64. The largest absolute Gasteiger partial charge is 0.295 e. The number of nitrogens with zero attached hydrogens (tertiary/aromatic N) is 3. The zero-order chi connectivity index (χ0) is 15.1. The van der Waals surface area contributed by atoms with Gasteiger partial charge >= 0.3 is 0 Å². The Kier molecular flexibility index (Phi) is 2.94. The Balaban J connectivity index is 2.37. The van der Waals surface area contributed by atoms with Crippen LogP contribution >= 0.6 is 0 Å². The summed E-state index contributed by atoms with van der Waals surface area (Å²) in [5, 5.41) is 5.95. The van der Waals surface area contributed by atoms with E-state index < -0.39 is 0 Å². The van der Waals surface area contributed by atoms with Crippen molar-refractivity contribution in [3.8, 4) is 11.3 Å². The summed E-state index contributed by atoms with van der Waals surface area (Å²) in [7, 11) is 0. The SMILES string of the molecule is Cc1cc(=O)n2[nH]c(C)c(-c3ncc(N=O)cc3C)c2c1. The van der Waals surface area contributed by atoms with Crippen LogP contribution in [0.4, 0.5) is 5.69 Å². The molecule has 0 unspecified atom stereocenters. The number of rotatable bonds is 2. The third kappa shape index (κ3) is 2.05. The minimum Gasteiger partial charge on any atom is -0.295 e. The number of fused-ring (bicyclic) bond motifs is 1. The fourth-order valence-electron chi connectivity index (χ4n) is 2.59. The molecule has 0 fully saturated rings. The molecule has 3 aromatic heterocycles. The van der Waals surface area contributed by atoms with E-state index in [9.17, 15) is 9.70 Å². The average Bonchev–Trinajstić information content (AvgIpc) is 2.75. The molecule has 0 aromatic carbocycles. The highest BCUT2D eigenvalue weighted by molar-refractivity contribution is 5.82. The quantitative estimate of drug-likeness (QED) is 0.734. The molecule has 0 radical (unpaired) electrons. The van der Waals surface area contributed by atoms with Gasteiger partial charge in [-0.05, 0) is 49.2 Å². The van der Waals surface area contributed by atoms with Crippen LogP contribution in [0.2, 0.25) is 0 Å². The van der Waals surface area contributed by atoms with Crippen LogP contribution in [0.15, 0.2) is 34.4 Å². The van der Waals surface area contributed by atoms with E-state index in [1.807, 2.05) is 26.8 Å². The Hall–Kier alpha value is -2.76. The van der Waals surface area contributed by atoms with E-state index >= 15 is 0 Å². The maximum Gasteiger partial charge on any atom is 0.269 e. The van der Waals surface area contributed by atoms with Gasteiger partial charge in [0, 0.05) is 17.3 Å². The van der Waals surface area contributed by atoms with Gasteiger partial charge in [0.2, 0.25) is 0 Å². The van der Waals surface area contributed by atoms with Gasteiger partial charge in [-0.2, -0.15) is 0 Å². The van der Waals surface area contributed by atoms with Gasteiger partial charge in [-0.15, -0.1) is 4.91 Å². The summed E-state index contributed by atoms with van der Waals surface area (Å²) in [5.74, 6) is 0. The lowest BCUT2D eigenvalue weighted by Crippen LogP contribution is -2.12. The molecular formula is C15H14N4O2. The van der Waals surface area contributed by atoms with Crippen LogP contribution in [0.1, 0.15) is 16.8 Å². The fraction of sp³-hybridized carbons (Fsp3) is 0.200. The molecule has 3 rings (SSSR count). The topological polar surface area (TPSA) is 79.6 Å². The first kappa shape index (κ1) is 13.2. The van der Waals surface area contributed by atoms with Crippen molar-refractivity contribution in [2.45, 2.75) is 20.8 Å². The highest BCUT2D eigenvalue weighted by atomic mass is 16.3. The number of H-pyrrole nitrogens is 1. The minimum absolute atomic E-state index is 0.108. The second-order valence-corrected chi connectivity index (χ2v) is 5.15. The molecule has 0 saturated heterocycles. The maximum absolute atomic E-state index is 12.0. The van der Waals surface area contributed by atoms with Crippen molar-refractivity contribution in [2.75, 3.05) is 0 Å². The molecule has 6 heteroatoms. The van der Waals surface area contributed by atoms with Gasteiger partial charge in [-0.25, -0.2) is 4.52 Å². The Bertz CT molecular complexity index is 921. The zero-order valence-electron chi connectivity index (χ0n) is 12.0. The summed E-state index contributed by atoms with van der Waals surface area (Å²) in [4.78, 5) is 27.0. The minimum atomic E-state index is -0.108. The molecule has 3 heterocycles. The third-order valence-corrected chi connectivity index (χ3v) is 3.49. The summed E-state index contributed by atoms with van der Waals surface area (Å²) in [5.41, 5.74) is 5.15. The van der Waals surface area contributed by atoms with Gasteiger partial charge in [-0.3, -0.25) is 14.9 Å². The van der Waals surface area contributed by atoms with Gasteiger partial charge < -0.3 is 0 Å². The summed E-state index contributed by atoms with van der Waals surface area (Å²) in [6, 6.07) is 5.20. The number of nitrogens with one attached hydrogen (secondary N) is 1. The van der Waals surface area contributed by atoms with Crippen molar-refractivity contribution >= 4 is 11.2 Å². The Morgan fingerprint density at radius 2 is 1.95 bits per heavy atom. The number of aryl methyl sites for hydroxylation is 3. The first-order valence-corrected chi connectivity index (χ1v) is 6.53. The van der Waals surface area contributed by atoms with E-state index in [4.69, 9.17) is 0 Å². The Morgan fingerprint density at radius 1 is 1.19 bits per heavy atom. The molecule has 0 amide bonds. The number of pyridine rings is 2. The molecule has 106 valence electrons. The number of hydrogen-bond donors (Lipinski definition) is 1.